The number of H-pyrrole nitrogens is 1. The topological polar surface area (TPSA) is 88.8 Å². The van der Waals surface area contributed by atoms with Crippen LogP contribution in [0.1, 0.15) is 17.7 Å². The van der Waals surface area contributed by atoms with Crippen LogP contribution in [0.2, 0.25) is 5.02 Å². The summed E-state index contributed by atoms with van der Waals surface area (Å²) in [5.74, 6) is -0.232. The van der Waals surface area contributed by atoms with Gasteiger partial charge in [0.25, 0.3) is 5.56 Å². The maximum atomic E-state index is 13.1. The maximum absolute atomic E-state index is 13.1. The quantitative estimate of drug-likeness (QED) is 0.541. The molecule has 1 atom stereocenters. The van der Waals surface area contributed by atoms with Gasteiger partial charge in [-0.15, -0.1) is 22.0 Å². The van der Waals surface area contributed by atoms with Gasteiger partial charge in [0.1, 0.15) is 5.82 Å². The van der Waals surface area contributed by atoms with Gasteiger partial charge in [-0.3, -0.25) is 19.2 Å². The predicted molar refractivity (Wildman–Crippen MR) is 112 cm³/mol. The van der Waals surface area contributed by atoms with Crippen molar-refractivity contribution in [3.8, 4) is 0 Å². The van der Waals surface area contributed by atoms with Crippen molar-refractivity contribution in [3.63, 3.8) is 0 Å². The zero-order valence-corrected chi connectivity index (χ0v) is 18.7. The third-order valence-corrected chi connectivity index (χ3v) is 8.27. The van der Waals surface area contributed by atoms with Crippen molar-refractivity contribution in [1.29, 1.82) is 0 Å². The van der Waals surface area contributed by atoms with Gasteiger partial charge in [-0.25, -0.2) is 4.79 Å². The Labute approximate surface area is 189 Å². The van der Waals surface area contributed by atoms with Crippen molar-refractivity contribution in [2.24, 2.45) is 0 Å². The summed E-state index contributed by atoms with van der Waals surface area (Å²) in [5.41, 5.74) is -0.539. The van der Waals surface area contributed by atoms with Gasteiger partial charge in [0, 0.05) is 30.3 Å². The molecule has 0 unspecified atom stereocenters. The second-order valence-corrected chi connectivity index (χ2v) is 9.55. The number of nitrogens with zero attached hydrogens (tertiary/aromatic N) is 5. The Balaban J connectivity index is 1.50. The number of halogens is 5. The molecule has 0 saturated heterocycles. The van der Waals surface area contributed by atoms with E-state index in [1.807, 2.05) is 4.90 Å². The van der Waals surface area contributed by atoms with Gasteiger partial charge in [-0.1, -0.05) is 11.6 Å². The zero-order chi connectivity index (χ0) is 22.1. The fourth-order valence-corrected chi connectivity index (χ4v) is 6.17. The molecule has 8 nitrogen and oxygen atoms in total. The van der Waals surface area contributed by atoms with Crippen LogP contribution < -0.4 is 11.2 Å². The highest BCUT2D eigenvalue weighted by Crippen LogP contribution is 2.43. The molecule has 0 aliphatic carbocycles. The molecule has 2 aliphatic heterocycles. The number of hydrogen-bond acceptors (Lipinski definition) is 6. The number of rotatable bonds is 2. The average Bonchev–Trinajstić information content (AvgIpc) is 3.13. The van der Waals surface area contributed by atoms with Crippen LogP contribution in [0.4, 0.5) is 13.2 Å². The third kappa shape index (κ3) is 3.41. The van der Waals surface area contributed by atoms with Crippen LogP contribution in [-0.2, 0) is 19.3 Å². The van der Waals surface area contributed by atoms with Crippen molar-refractivity contribution in [2.75, 3.05) is 18.8 Å². The molecule has 14 heteroatoms. The smallest absolute Gasteiger partial charge is 0.305 e. The Hall–Kier alpha value is -1.83. The van der Waals surface area contributed by atoms with E-state index >= 15 is 0 Å². The standard InChI is InChI=1S/C17H13BrClF3N6O2S/c18-11-9(19)3-8-12-13(11)31-6-7(28(12)16(30)23-14(8)29)4-26-1-2-27-10(5-26)24-25-15(27)17(20,21)22/h3,7H,1-2,4-6H2,(H,23,29,30)/t7-/m0/s1. The molecule has 31 heavy (non-hydrogen) atoms. The number of aromatic nitrogens is 5. The summed E-state index contributed by atoms with van der Waals surface area (Å²) >= 11 is 11.1. The van der Waals surface area contributed by atoms with E-state index in [-0.39, 0.29) is 25.0 Å². The van der Waals surface area contributed by atoms with Crippen molar-refractivity contribution >= 4 is 50.2 Å². The fourth-order valence-electron chi connectivity index (χ4n) is 4.07. The molecule has 0 bridgehead atoms. The van der Waals surface area contributed by atoms with Crippen molar-refractivity contribution in [1.82, 2.24) is 29.2 Å². The lowest BCUT2D eigenvalue weighted by Crippen LogP contribution is -2.43. The van der Waals surface area contributed by atoms with Crippen LogP contribution in [0, 0.1) is 0 Å². The molecule has 1 N–H and O–H groups in total. The Morgan fingerprint density at radius 1 is 1.29 bits per heavy atom. The van der Waals surface area contributed by atoms with E-state index in [0.717, 1.165) is 9.46 Å². The number of fused-ring (bicyclic) bond motifs is 1. The Morgan fingerprint density at radius 2 is 2.06 bits per heavy atom. The highest BCUT2D eigenvalue weighted by molar-refractivity contribution is 9.10. The molecule has 2 aromatic heterocycles. The van der Waals surface area contributed by atoms with Gasteiger partial charge >= 0.3 is 11.9 Å². The lowest BCUT2D eigenvalue weighted by atomic mass is 10.2. The molecule has 164 valence electrons. The second-order valence-electron chi connectivity index (χ2n) is 7.32. The first kappa shape index (κ1) is 21.0. The fraction of sp³-hybridized carbons (Fsp3) is 0.412. The summed E-state index contributed by atoms with van der Waals surface area (Å²) < 4.78 is 42.4. The summed E-state index contributed by atoms with van der Waals surface area (Å²) in [7, 11) is 0. The number of aromatic amines is 1. The van der Waals surface area contributed by atoms with Gasteiger partial charge < -0.3 is 4.57 Å². The minimum atomic E-state index is -4.55. The number of thioether (sulfide) groups is 1. The highest BCUT2D eigenvalue weighted by Gasteiger charge is 2.40. The summed E-state index contributed by atoms with van der Waals surface area (Å²) in [6.45, 7) is 1.04. The normalized spacial score (nSPS) is 19.1. The summed E-state index contributed by atoms with van der Waals surface area (Å²) in [6.07, 6.45) is -4.55. The summed E-state index contributed by atoms with van der Waals surface area (Å²) in [4.78, 5) is 30.1. The number of benzene rings is 1. The Morgan fingerprint density at radius 3 is 2.81 bits per heavy atom. The van der Waals surface area contributed by atoms with E-state index in [4.69, 9.17) is 11.6 Å². The van der Waals surface area contributed by atoms with Crippen molar-refractivity contribution < 1.29 is 13.2 Å². The average molecular weight is 538 g/mol. The van der Waals surface area contributed by atoms with E-state index in [2.05, 4.69) is 31.1 Å². The molecule has 0 saturated carbocycles. The minimum absolute atomic E-state index is 0.102. The number of hydrogen-bond donors (Lipinski definition) is 1. The number of nitrogens with one attached hydrogen (secondary N) is 1. The van der Waals surface area contributed by atoms with E-state index in [0.29, 0.717) is 39.2 Å². The highest BCUT2D eigenvalue weighted by atomic mass is 79.9. The molecule has 0 amide bonds. The molecule has 5 rings (SSSR count). The molecule has 0 radical (unpaired) electrons. The largest absolute Gasteiger partial charge is 0.451 e. The molecular formula is C17H13BrClF3N6O2S. The van der Waals surface area contributed by atoms with Gasteiger partial charge in [-0.2, -0.15) is 13.2 Å². The van der Waals surface area contributed by atoms with E-state index in [1.165, 1.54) is 17.8 Å². The molecule has 4 heterocycles. The van der Waals surface area contributed by atoms with Crippen LogP contribution in [-0.4, -0.2) is 48.1 Å². The lowest BCUT2D eigenvalue weighted by Gasteiger charge is -2.34. The van der Waals surface area contributed by atoms with Crippen molar-refractivity contribution in [3.05, 3.63) is 48.0 Å². The van der Waals surface area contributed by atoms with Gasteiger partial charge in [-0.05, 0) is 22.0 Å². The Bertz CT molecular complexity index is 1340. The SMILES string of the molecule is O=c1[nH]c(=O)n2c3c(c(Br)c(Cl)cc13)SC[C@@H]2CN1CCn2c(nnc2C(F)(F)F)C1. The molecular weight excluding hydrogens is 525 g/mol. The molecule has 2 aliphatic rings. The maximum Gasteiger partial charge on any atom is 0.451 e. The van der Waals surface area contributed by atoms with E-state index in [9.17, 15) is 22.8 Å². The van der Waals surface area contributed by atoms with E-state index in [1.54, 1.807) is 4.57 Å². The monoisotopic (exact) mass is 536 g/mol. The van der Waals surface area contributed by atoms with Gasteiger partial charge in [0.2, 0.25) is 5.82 Å². The summed E-state index contributed by atoms with van der Waals surface area (Å²) in [6, 6.07) is 1.22. The van der Waals surface area contributed by atoms with Crippen molar-refractivity contribution in [2.45, 2.75) is 30.2 Å². The molecule has 0 spiro atoms. The second kappa shape index (κ2) is 7.36. The number of alkyl halides is 3. The van der Waals surface area contributed by atoms with Crippen LogP contribution in [0.5, 0.6) is 0 Å². The van der Waals surface area contributed by atoms with Crippen LogP contribution in [0.15, 0.2) is 25.0 Å². The molecule has 3 aromatic rings. The van der Waals surface area contributed by atoms with Crippen LogP contribution in [0.3, 0.4) is 0 Å². The zero-order valence-electron chi connectivity index (χ0n) is 15.5. The first-order valence-electron chi connectivity index (χ1n) is 9.16. The van der Waals surface area contributed by atoms with E-state index < -0.39 is 23.2 Å². The first-order valence-corrected chi connectivity index (χ1v) is 11.3. The Kier molecular flexibility index (Phi) is 4.99. The predicted octanol–water partition coefficient (Wildman–Crippen LogP) is 2.88. The van der Waals surface area contributed by atoms with Crippen LogP contribution >= 0.6 is 39.3 Å². The summed E-state index contributed by atoms with van der Waals surface area (Å²) in [5, 5.41) is 7.69. The molecule has 1 aromatic carbocycles. The van der Waals surface area contributed by atoms with Gasteiger partial charge in [0.15, 0.2) is 0 Å². The molecule has 0 fully saturated rings. The minimum Gasteiger partial charge on any atom is -0.305 e. The third-order valence-electron chi connectivity index (χ3n) is 5.42. The lowest BCUT2D eigenvalue weighted by molar-refractivity contribution is -0.148. The van der Waals surface area contributed by atoms with Gasteiger partial charge in [0.05, 0.1) is 33.0 Å². The van der Waals surface area contributed by atoms with Crippen LogP contribution in [0.25, 0.3) is 10.9 Å². The first-order chi connectivity index (χ1) is 14.6.